The maximum atomic E-state index is 15.3. The van der Waals surface area contributed by atoms with Crippen LogP contribution in [0.1, 0.15) is 72.4 Å². The zero-order valence-corrected chi connectivity index (χ0v) is 29.8. The Hall–Kier alpha value is -6.26. The number of methoxy groups -OCH3 is 1. The van der Waals surface area contributed by atoms with Gasteiger partial charge in [-0.25, -0.2) is 4.39 Å². The average Bonchev–Trinajstić information content (AvgIpc) is 3.85. The first-order chi connectivity index (χ1) is 26.6. The fourth-order valence-corrected chi connectivity index (χ4v) is 7.69. The molecule has 4 aliphatic rings. The molecule has 282 valence electrons. The number of halogens is 1. The molecule has 2 saturated heterocycles. The van der Waals surface area contributed by atoms with Crippen LogP contribution in [0.15, 0.2) is 66.7 Å². The number of hydrogen-bond acceptors (Lipinski definition) is 10. The summed E-state index contributed by atoms with van der Waals surface area (Å²) in [5.41, 5.74) is 3.72. The van der Waals surface area contributed by atoms with Gasteiger partial charge in [0.1, 0.15) is 11.9 Å². The minimum Gasteiger partial charge on any atom is -0.369 e. The summed E-state index contributed by atoms with van der Waals surface area (Å²) in [5.74, 6) is -3.82. The van der Waals surface area contributed by atoms with E-state index in [1.54, 1.807) is 17.0 Å². The molecule has 55 heavy (non-hydrogen) atoms. The summed E-state index contributed by atoms with van der Waals surface area (Å²) < 4.78 is 20.8. The van der Waals surface area contributed by atoms with Gasteiger partial charge in [0.05, 0.1) is 29.9 Å². The number of nitrogens with zero attached hydrogens (tertiary/aromatic N) is 5. The molecule has 4 aromatic rings. The average molecular weight is 749 g/mol. The molecule has 1 aromatic heterocycles. The molecule has 4 aliphatic heterocycles. The number of rotatable bonds is 9. The molecule has 3 N–H and O–H groups in total. The maximum Gasteiger partial charge on any atom is 0.265 e. The van der Waals surface area contributed by atoms with Crippen LogP contribution in [0.25, 0.3) is 0 Å². The number of H-pyrrole nitrogens is 1. The van der Waals surface area contributed by atoms with E-state index in [1.807, 2.05) is 42.5 Å². The summed E-state index contributed by atoms with van der Waals surface area (Å²) in [6, 6.07) is 18.1. The third-order valence-electron chi connectivity index (χ3n) is 10.6. The van der Waals surface area contributed by atoms with Crippen molar-refractivity contribution in [3.63, 3.8) is 0 Å². The summed E-state index contributed by atoms with van der Waals surface area (Å²) in [7, 11) is 1.50. The molecule has 2 atom stereocenters. The molecule has 16 heteroatoms. The summed E-state index contributed by atoms with van der Waals surface area (Å²) >= 11 is 0. The number of aromatic nitrogens is 2. The highest BCUT2D eigenvalue weighted by atomic mass is 19.1. The Morgan fingerprint density at radius 2 is 1.71 bits per heavy atom. The molecule has 0 saturated carbocycles. The van der Waals surface area contributed by atoms with Crippen LogP contribution >= 0.6 is 0 Å². The van der Waals surface area contributed by atoms with E-state index in [9.17, 15) is 28.8 Å². The van der Waals surface area contributed by atoms with Gasteiger partial charge in [-0.05, 0) is 53.9 Å². The van der Waals surface area contributed by atoms with E-state index in [-0.39, 0.29) is 42.3 Å². The second kappa shape index (κ2) is 14.5. The number of hydrogen-bond donors (Lipinski definition) is 3. The first-order valence-electron chi connectivity index (χ1n) is 17.9. The SMILES string of the molecule is CO[C@@H](C(=O)N1Cc2[nH]nc(NC(=O)c3ccc(N4CCN(Cc5cc(F)c6c(c5)C(=O)N(C5CCC(=O)NC5=O)C6=O)CC4)cc3)c2C1)c1ccccc1. The van der Waals surface area contributed by atoms with Crippen molar-refractivity contribution in [2.45, 2.75) is 44.6 Å². The van der Waals surface area contributed by atoms with E-state index in [4.69, 9.17) is 4.74 Å². The van der Waals surface area contributed by atoms with Crippen molar-refractivity contribution in [2.75, 3.05) is 43.5 Å². The number of anilines is 2. The number of carbonyl (C=O) groups is 6. The van der Waals surface area contributed by atoms with Crippen molar-refractivity contribution in [1.82, 2.24) is 30.2 Å². The Kier molecular flexibility index (Phi) is 9.44. The quantitative estimate of drug-likeness (QED) is 0.216. The maximum absolute atomic E-state index is 15.3. The summed E-state index contributed by atoms with van der Waals surface area (Å²) in [5, 5.41) is 12.3. The number of aromatic amines is 1. The molecule has 0 bridgehead atoms. The Balaban J connectivity index is 0.849. The number of imide groups is 2. The lowest BCUT2D eigenvalue weighted by molar-refractivity contribution is -0.143. The fraction of sp³-hybridized carbons (Fsp3) is 0.308. The predicted molar refractivity (Wildman–Crippen MR) is 194 cm³/mol. The van der Waals surface area contributed by atoms with Crippen molar-refractivity contribution in [3.8, 4) is 0 Å². The molecule has 1 unspecified atom stereocenters. The smallest absolute Gasteiger partial charge is 0.265 e. The van der Waals surface area contributed by atoms with Crippen LogP contribution in [-0.2, 0) is 38.8 Å². The van der Waals surface area contributed by atoms with Gasteiger partial charge in [-0.15, -0.1) is 0 Å². The number of piperidine rings is 1. The molecule has 0 spiro atoms. The molecule has 0 aliphatic carbocycles. The van der Waals surface area contributed by atoms with Gasteiger partial charge in [0.2, 0.25) is 11.8 Å². The molecule has 0 radical (unpaired) electrons. The number of fused-ring (bicyclic) bond motifs is 2. The highest BCUT2D eigenvalue weighted by Gasteiger charge is 2.46. The monoisotopic (exact) mass is 748 g/mol. The van der Waals surface area contributed by atoms with E-state index < -0.39 is 41.6 Å². The number of nitrogens with one attached hydrogen (secondary N) is 3. The van der Waals surface area contributed by atoms with Gasteiger partial charge in [0.15, 0.2) is 11.9 Å². The lowest BCUT2D eigenvalue weighted by Gasteiger charge is -2.36. The van der Waals surface area contributed by atoms with Crippen molar-refractivity contribution >= 4 is 46.9 Å². The van der Waals surface area contributed by atoms with Gasteiger partial charge in [-0.3, -0.25) is 49.0 Å². The van der Waals surface area contributed by atoms with Crippen LogP contribution in [-0.4, -0.2) is 99.7 Å². The summed E-state index contributed by atoms with van der Waals surface area (Å²) in [6.45, 7) is 3.53. The fourth-order valence-electron chi connectivity index (χ4n) is 7.69. The molecular formula is C39H37FN8O7. The predicted octanol–water partition coefficient (Wildman–Crippen LogP) is 2.75. The van der Waals surface area contributed by atoms with Gasteiger partial charge in [-0.1, -0.05) is 30.3 Å². The third kappa shape index (κ3) is 6.74. The highest BCUT2D eigenvalue weighted by Crippen LogP contribution is 2.33. The van der Waals surface area contributed by atoms with E-state index in [0.717, 1.165) is 27.4 Å². The van der Waals surface area contributed by atoms with Crippen LogP contribution in [0.5, 0.6) is 0 Å². The lowest BCUT2D eigenvalue weighted by atomic mass is 10.0. The number of piperazine rings is 1. The number of benzene rings is 3. The van der Waals surface area contributed by atoms with Crippen molar-refractivity contribution in [2.24, 2.45) is 0 Å². The second-order valence-electron chi connectivity index (χ2n) is 14.0. The molecule has 15 nitrogen and oxygen atoms in total. The van der Waals surface area contributed by atoms with Crippen LogP contribution in [0, 0.1) is 5.82 Å². The van der Waals surface area contributed by atoms with E-state index in [1.165, 1.54) is 19.2 Å². The standard InChI is InChI=1S/C39H37FN8O7/c1-55-33(23-5-3-2-4-6-23)39(54)47-20-27-29(21-47)43-44-34(27)42-35(50)24-7-9-25(10-8-24)46-15-13-45(14-16-46)19-22-17-26-32(28(40)18-22)38(53)48(37(26)52)30-11-12-31(49)41-36(30)51/h2-10,17-18,30,33H,11-16,19-21H2,1H3,(H,41,49,51)(H2,42,43,44,50)/t30?,33-/m1/s1. The van der Waals surface area contributed by atoms with Gasteiger partial charge >= 0.3 is 0 Å². The molecular weight excluding hydrogens is 711 g/mol. The first kappa shape index (κ1) is 35.8. The molecule has 8 rings (SSSR count). The molecule has 3 aromatic carbocycles. The normalized spacial score (nSPS) is 19.0. The van der Waals surface area contributed by atoms with Crippen LogP contribution in [0.4, 0.5) is 15.9 Å². The number of amides is 6. The topological polar surface area (TPSA) is 177 Å². The minimum atomic E-state index is -1.17. The zero-order chi connectivity index (χ0) is 38.4. The molecule has 2 fully saturated rings. The Morgan fingerprint density at radius 3 is 2.42 bits per heavy atom. The van der Waals surface area contributed by atoms with Crippen LogP contribution < -0.4 is 15.5 Å². The van der Waals surface area contributed by atoms with E-state index in [0.29, 0.717) is 56.2 Å². The van der Waals surface area contributed by atoms with Crippen molar-refractivity contribution in [1.29, 1.82) is 0 Å². The number of ether oxygens (including phenoxy) is 1. The van der Waals surface area contributed by atoms with Gasteiger partial charge in [-0.2, -0.15) is 5.10 Å². The van der Waals surface area contributed by atoms with Gasteiger partial charge < -0.3 is 19.9 Å². The summed E-state index contributed by atoms with van der Waals surface area (Å²) in [6.07, 6.45) is -0.769. The van der Waals surface area contributed by atoms with Crippen LogP contribution in [0.3, 0.4) is 0 Å². The third-order valence-corrected chi connectivity index (χ3v) is 10.6. The van der Waals surface area contributed by atoms with E-state index >= 15 is 4.39 Å². The Bertz CT molecular complexity index is 2220. The number of carbonyl (C=O) groups excluding carboxylic acids is 6. The Morgan fingerprint density at radius 1 is 0.964 bits per heavy atom. The van der Waals surface area contributed by atoms with Gasteiger partial charge in [0, 0.05) is 63.1 Å². The Labute approximate surface area is 314 Å². The highest BCUT2D eigenvalue weighted by molar-refractivity contribution is 6.23. The van der Waals surface area contributed by atoms with Crippen LogP contribution in [0.2, 0.25) is 0 Å². The largest absolute Gasteiger partial charge is 0.369 e. The molecule has 5 heterocycles. The zero-order valence-electron chi connectivity index (χ0n) is 29.8. The van der Waals surface area contributed by atoms with E-state index in [2.05, 4.69) is 30.6 Å². The van der Waals surface area contributed by atoms with Crippen molar-refractivity contribution in [3.05, 3.63) is 112 Å². The summed E-state index contributed by atoms with van der Waals surface area (Å²) in [4.78, 5) is 83.5. The minimum absolute atomic E-state index is 0.00691. The van der Waals surface area contributed by atoms with Crippen molar-refractivity contribution < 1.29 is 37.9 Å². The van der Waals surface area contributed by atoms with Gasteiger partial charge in [0.25, 0.3) is 23.6 Å². The first-order valence-corrected chi connectivity index (χ1v) is 17.9. The molecule has 6 amide bonds. The lowest BCUT2D eigenvalue weighted by Crippen LogP contribution is -2.54. The second-order valence-corrected chi connectivity index (χ2v) is 14.0.